The number of nitrogens with zero attached hydrogens (tertiary/aromatic N) is 2. The van der Waals surface area contributed by atoms with E-state index in [1.54, 1.807) is 12.1 Å². The fraction of sp³-hybridized carbons (Fsp3) is 0.438. The first kappa shape index (κ1) is 13.2. The summed E-state index contributed by atoms with van der Waals surface area (Å²) in [6, 6.07) is 7.13. The maximum absolute atomic E-state index is 9.30. The lowest BCUT2D eigenvalue weighted by molar-refractivity contribution is 0.231. The Bertz CT molecular complexity index is 541. The van der Waals surface area contributed by atoms with Crippen LogP contribution in [0, 0.1) is 0 Å². The molecule has 1 saturated heterocycles. The number of aromatic amines is 1. The number of H-pyrrole nitrogens is 1. The Kier molecular flexibility index (Phi) is 4.02. The number of phenols is 1. The fourth-order valence-electron chi connectivity index (χ4n) is 2.71. The largest absolute Gasteiger partial charge is 0.508 e. The van der Waals surface area contributed by atoms with Crippen molar-refractivity contribution in [1.29, 1.82) is 0 Å². The van der Waals surface area contributed by atoms with E-state index in [4.69, 9.17) is 0 Å². The molecule has 0 atom stereocenters. The molecule has 3 rings (SSSR count). The van der Waals surface area contributed by atoms with Gasteiger partial charge in [-0.3, -0.25) is 0 Å². The lowest BCUT2D eigenvalue weighted by Gasteiger charge is -2.25. The first-order valence-electron chi connectivity index (χ1n) is 7.37. The van der Waals surface area contributed by atoms with Crippen LogP contribution in [0.4, 0.5) is 0 Å². The monoisotopic (exact) mass is 271 g/mol. The van der Waals surface area contributed by atoms with Gasteiger partial charge in [0.25, 0.3) is 0 Å². The Hall–Kier alpha value is -1.81. The summed E-state index contributed by atoms with van der Waals surface area (Å²) < 4.78 is 0. The van der Waals surface area contributed by atoms with Gasteiger partial charge in [0.15, 0.2) is 0 Å². The highest BCUT2D eigenvalue weighted by Crippen LogP contribution is 2.19. The molecule has 0 bridgehead atoms. The summed E-state index contributed by atoms with van der Waals surface area (Å²) in [6.45, 7) is 3.58. The zero-order valence-corrected chi connectivity index (χ0v) is 11.7. The molecule has 4 heteroatoms. The van der Waals surface area contributed by atoms with Crippen molar-refractivity contribution in [2.24, 2.45) is 0 Å². The normalized spacial score (nSPS) is 16.4. The van der Waals surface area contributed by atoms with Crippen LogP contribution in [-0.4, -0.2) is 39.6 Å². The zero-order valence-electron chi connectivity index (χ0n) is 11.7. The number of hydrogen-bond acceptors (Lipinski definition) is 3. The third-order valence-corrected chi connectivity index (χ3v) is 3.92. The molecule has 4 nitrogen and oxygen atoms in total. The molecule has 0 saturated carbocycles. The minimum Gasteiger partial charge on any atom is -0.508 e. The summed E-state index contributed by atoms with van der Waals surface area (Å²) in [4.78, 5) is 10.3. The summed E-state index contributed by atoms with van der Waals surface area (Å²) in [5.41, 5.74) is 2.19. The van der Waals surface area contributed by atoms with Crippen molar-refractivity contribution in [2.45, 2.75) is 25.7 Å². The van der Waals surface area contributed by atoms with Crippen LogP contribution >= 0.6 is 0 Å². The van der Waals surface area contributed by atoms with Crippen molar-refractivity contribution >= 4 is 0 Å². The second-order valence-corrected chi connectivity index (χ2v) is 5.46. The summed E-state index contributed by atoms with van der Waals surface area (Å²) in [5, 5.41) is 9.30. The first-order valence-corrected chi connectivity index (χ1v) is 7.37. The number of piperidine rings is 1. The molecule has 0 radical (unpaired) electrons. The second kappa shape index (κ2) is 6.09. The molecule has 20 heavy (non-hydrogen) atoms. The van der Waals surface area contributed by atoms with E-state index in [1.165, 1.54) is 38.0 Å². The quantitative estimate of drug-likeness (QED) is 0.899. The van der Waals surface area contributed by atoms with E-state index in [0.717, 1.165) is 24.4 Å². The summed E-state index contributed by atoms with van der Waals surface area (Å²) in [5.74, 6) is 1.16. The molecular weight excluding hydrogens is 250 g/mol. The van der Waals surface area contributed by atoms with Gasteiger partial charge in [-0.1, -0.05) is 6.42 Å². The Labute approximate surface area is 119 Å². The molecular formula is C16H21N3O. The van der Waals surface area contributed by atoms with Gasteiger partial charge >= 0.3 is 0 Å². The summed E-state index contributed by atoms with van der Waals surface area (Å²) in [7, 11) is 0. The number of nitrogens with one attached hydrogen (secondary N) is 1. The smallest absolute Gasteiger partial charge is 0.137 e. The van der Waals surface area contributed by atoms with Gasteiger partial charge in [-0.05, 0) is 50.2 Å². The van der Waals surface area contributed by atoms with Crippen molar-refractivity contribution in [2.75, 3.05) is 19.6 Å². The molecule has 0 aliphatic carbocycles. The maximum Gasteiger partial charge on any atom is 0.137 e. The molecule has 1 fully saturated rings. The van der Waals surface area contributed by atoms with Crippen LogP contribution in [0.1, 0.15) is 25.0 Å². The molecule has 1 aromatic carbocycles. The van der Waals surface area contributed by atoms with E-state index >= 15 is 0 Å². The van der Waals surface area contributed by atoms with Crippen LogP contribution in [0.3, 0.4) is 0 Å². The number of aromatic nitrogens is 2. The van der Waals surface area contributed by atoms with Gasteiger partial charge in [0.2, 0.25) is 0 Å². The van der Waals surface area contributed by atoms with E-state index in [-0.39, 0.29) is 5.75 Å². The fourth-order valence-corrected chi connectivity index (χ4v) is 2.71. The molecule has 2 N–H and O–H groups in total. The lowest BCUT2D eigenvalue weighted by Crippen LogP contribution is -2.31. The average Bonchev–Trinajstić information content (AvgIpc) is 2.96. The Morgan fingerprint density at radius 2 is 1.85 bits per heavy atom. The highest BCUT2D eigenvalue weighted by Gasteiger charge is 2.10. The standard InChI is InChI=1S/C16H21N3O/c20-15-6-4-13(5-7-15)16-17-12-14(18-16)8-11-19-9-2-1-3-10-19/h4-7,12,20H,1-3,8-11H2,(H,17,18). The van der Waals surface area contributed by atoms with Crippen molar-refractivity contribution in [1.82, 2.24) is 14.9 Å². The highest BCUT2D eigenvalue weighted by molar-refractivity contribution is 5.56. The van der Waals surface area contributed by atoms with Crippen molar-refractivity contribution < 1.29 is 5.11 Å². The van der Waals surface area contributed by atoms with Gasteiger partial charge in [0.1, 0.15) is 11.6 Å². The lowest BCUT2D eigenvalue weighted by atomic mass is 10.1. The number of likely N-dealkylation sites (tertiary alicyclic amines) is 1. The predicted molar refractivity (Wildman–Crippen MR) is 79.7 cm³/mol. The van der Waals surface area contributed by atoms with Gasteiger partial charge in [0.05, 0.1) is 0 Å². The third kappa shape index (κ3) is 3.20. The van der Waals surface area contributed by atoms with Crippen LogP contribution in [-0.2, 0) is 6.42 Å². The van der Waals surface area contributed by atoms with Gasteiger partial charge in [-0.15, -0.1) is 0 Å². The maximum atomic E-state index is 9.30. The number of imidazole rings is 1. The second-order valence-electron chi connectivity index (χ2n) is 5.46. The van der Waals surface area contributed by atoms with Crippen molar-refractivity contribution in [3.05, 3.63) is 36.2 Å². The minimum absolute atomic E-state index is 0.283. The zero-order chi connectivity index (χ0) is 13.8. The van der Waals surface area contributed by atoms with Gasteiger partial charge in [-0.25, -0.2) is 4.98 Å². The van der Waals surface area contributed by atoms with Gasteiger partial charge < -0.3 is 15.0 Å². The SMILES string of the molecule is Oc1ccc(-c2ncc(CCN3CCCCC3)[nH]2)cc1. The number of aromatic hydroxyl groups is 1. The van der Waals surface area contributed by atoms with Crippen LogP contribution < -0.4 is 0 Å². The molecule has 1 aliphatic rings. The van der Waals surface area contributed by atoms with E-state index in [9.17, 15) is 5.11 Å². The van der Waals surface area contributed by atoms with E-state index in [1.807, 2.05) is 18.3 Å². The molecule has 0 unspecified atom stereocenters. The van der Waals surface area contributed by atoms with E-state index in [0.29, 0.717) is 0 Å². The van der Waals surface area contributed by atoms with Crippen LogP contribution in [0.5, 0.6) is 5.75 Å². The average molecular weight is 271 g/mol. The Morgan fingerprint density at radius 1 is 1.10 bits per heavy atom. The molecule has 1 aromatic heterocycles. The van der Waals surface area contributed by atoms with E-state index in [2.05, 4.69) is 14.9 Å². The van der Waals surface area contributed by atoms with Crippen LogP contribution in [0.15, 0.2) is 30.5 Å². The number of rotatable bonds is 4. The molecule has 0 spiro atoms. The summed E-state index contributed by atoms with van der Waals surface area (Å²) in [6.07, 6.45) is 6.99. The minimum atomic E-state index is 0.283. The van der Waals surface area contributed by atoms with Crippen LogP contribution in [0.25, 0.3) is 11.4 Å². The Morgan fingerprint density at radius 3 is 2.60 bits per heavy atom. The molecule has 0 amide bonds. The topological polar surface area (TPSA) is 52.2 Å². The van der Waals surface area contributed by atoms with Crippen molar-refractivity contribution in [3.63, 3.8) is 0 Å². The van der Waals surface area contributed by atoms with Gasteiger partial charge in [0, 0.05) is 30.4 Å². The molecule has 1 aliphatic heterocycles. The van der Waals surface area contributed by atoms with Crippen LogP contribution in [0.2, 0.25) is 0 Å². The molecule has 2 heterocycles. The summed E-state index contributed by atoms with van der Waals surface area (Å²) >= 11 is 0. The van der Waals surface area contributed by atoms with E-state index < -0.39 is 0 Å². The third-order valence-electron chi connectivity index (χ3n) is 3.92. The first-order chi connectivity index (χ1) is 9.81. The predicted octanol–water partition coefficient (Wildman–Crippen LogP) is 2.81. The molecule has 2 aromatic rings. The number of phenolic OH excluding ortho intramolecular Hbond substituents is 1. The molecule has 106 valence electrons. The number of hydrogen-bond donors (Lipinski definition) is 2. The highest BCUT2D eigenvalue weighted by atomic mass is 16.3. The Balaban J connectivity index is 1.60. The van der Waals surface area contributed by atoms with Crippen molar-refractivity contribution in [3.8, 4) is 17.1 Å². The van der Waals surface area contributed by atoms with Gasteiger partial charge in [-0.2, -0.15) is 0 Å². The number of benzene rings is 1.